The van der Waals surface area contributed by atoms with E-state index in [0.29, 0.717) is 11.8 Å². The van der Waals surface area contributed by atoms with E-state index in [1.807, 2.05) is 24.4 Å². The molecule has 1 saturated carbocycles. The Bertz CT molecular complexity index is 610. The second kappa shape index (κ2) is 4.41. The van der Waals surface area contributed by atoms with Gasteiger partial charge in [-0.3, -0.25) is 4.90 Å². The first-order valence-electron chi connectivity index (χ1n) is 7.09. The predicted octanol–water partition coefficient (Wildman–Crippen LogP) is 2.67. The minimum absolute atomic E-state index is 0.422. The highest BCUT2D eigenvalue weighted by Crippen LogP contribution is 2.44. The number of thiophene rings is 1. The van der Waals surface area contributed by atoms with Gasteiger partial charge in [-0.25, -0.2) is 4.98 Å². The van der Waals surface area contributed by atoms with E-state index >= 15 is 0 Å². The summed E-state index contributed by atoms with van der Waals surface area (Å²) in [4.78, 5) is 7.92. The third-order valence-electron chi connectivity index (χ3n) is 4.33. The maximum absolute atomic E-state index is 10.3. The van der Waals surface area contributed by atoms with Crippen LogP contribution in [-0.4, -0.2) is 33.7 Å². The fourth-order valence-electron chi connectivity index (χ4n) is 3.01. The minimum Gasteiger partial charge on any atom is -0.440 e. The van der Waals surface area contributed by atoms with E-state index in [9.17, 15) is 5.11 Å². The van der Waals surface area contributed by atoms with E-state index in [4.69, 9.17) is 4.42 Å². The number of hydrogen-bond donors (Lipinski definition) is 1. The summed E-state index contributed by atoms with van der Waals surface area (Å²) in [5, 5.41) is 12.4. The van der Waals surface area contributed by atoms with Crippen molar-refractivity contribution >= 4 is 11.3 Å². The molecule has 0 aromatic carbocycles. The number of β-amino-alcohol motifs (C(OH)–C–C–N with tert-alkyl or cyclic N) is 1. The SMILES string of the molecule is Cc1oc(-c2cccs2)nc1CN1CC(O)(C2CC2)C1. The Labute approximate surface area is 122 Å². The number of rotatable bonds is 4. The normalized spacial score (nSPS) is 21.9. The largest absolute Gasteiger partial charge is 0.440 e. The van der Waals surface area contributed by atoms with Crippen molar-refractivity contribution in [2.45, 2.75) is 31.9 Å². The van der Waals surface area contributed by atoms with E-state index in [1.165, 1.54) is 12.8 Å². The zero-order valence-electron chi connectivity index (χ0n) is 11.5. The maximum atomic E-state index is 10.3. The predicted molar refractivity (Wildman–Crippen MR) is 77.5 cm³/mol. The van der Waals surface area contributed by atoms with Gasteiger partial charge in [0.25, 0.3) is 0 Å². The Morgan fingerprint density at radius 3 is 2.95 bits per heavy atom. The molecule has 2 fully saturated rings. The smallest absolute Gasteiger partial charge is 0.236 e. The van der Waals surface area contributed by atoms with Crippen LogP contribution >= 0.6 is 11.3 Å². The third kappa shape index (κ3) is 2.10. The van der Waals surface area contributed by atoms with E-state index in [2.05, 4.69) is 9.88 Å². The van der Waals surface area contributed by atoms with Crippen LogP contribution in [0.15, 0.2) is 21.9 Å². The molecule has 2 aromatic rings. The number of aryl methyl sites for hydroxylation is 1. The Kier molecular flexibility index (Phi) is 2.77. The molecule has 0 amide bonds. The number of aromatic nitrogens is 1. The molecule has 1 saturated heterocycles. The minimum atomic E-state index is -0.422. The van der Waals surface area contributed by atoms with Crippen molar-refractivity contribution in [2.75, 3.05) is 13.1 Å². The second-order valence-electron chi connectivity index (χ2n) is 6.02. The zero-order chi connectivity index (χ0) is 13.7. The van der Waals surface area contributed by atoms with Gasteiger partial charge in [0.1, 0.15) is 5.76 Å². The summed E-state index contributed by atoms with van der Waals surface area (Å²) in [5.74, 6) is 2.14. The quantitative estimate of drug-likeness (QED) is 0.940. The molecule has 3 heterocycles. The number of aliphatic hydroxyl groups is 1. The van der Waals surface area contributed by atoms with Gasteiger partial charge in [0.15, 0.2) is 0 Å². The van der Waals surface area contributed by atoms with Crippen molar-refractivity contribution in [3.8, 4) is 10.8 Å². The molecule has 2 aliphatic rings. The monoisotopic (exact) mass is 290 g/mol. The van der Waals surface area contributed by atoms with Crippen LogP contribution in [0.4, 0.5) is 0 Å². The summed E-state index contributed by atoms with van der Waals surface area (Å²) < 4.78 is 5.75. The first-order chi connectivity index (χ1) is 9.64. The Morgan fingerprint density at radius 1 is 1.50 bits per heavy atom. The summed E-state index contributed by atoms with van der Waals surface area (Å²) in [7, 11) is 0. The van der Waals surface area contributed by atoms with Crippen LogP contribution in [0.3, 0.4) is 0 Å². The molecule has 20 heavy (non-hydrogen) atoms. The van der Waals surface area contributed by atoms with Gasteiger partial charge < -0.3 is 9.52 Å². The first kappa shape index (κ1) is 12.6. The lowest BCUT2D eigenvalue weighted by molar-refractivity contribution is -0.117. The lowest BCUT2D eigenvalue weighted by atomic mass is 9.88. The average Bonchev–Trinajstić information content (AvgIpc) is 2.98. The molecule has 0 spiro atoms. The van der Waals surface area contributed by atoms with Crippen LogP contribution in [0.2, 0.25) is 0 Å². The fourth-order valence-corrected chi connectivity index (χ4v) is 3.66. The molecule has 1 aliphatic heterocycles. The highest BCUT2D eigenvalue weighted by atomic mass is 32.1. The third-order valence-corrected chi connectivity index (χ3v) is 5.19. The molecule has 106 valence electrons. The average molecular weight is 290 g/mol. The number of likely N-dealkylation sites (tertiary alicyclic amines) is 1. The molecule has 0 unspecified atom stereocenters. The number of hydrogen-bond acceptors (Lipinski definition) is 5. The van der Waals surface area contributed by atoms with Crippen molar-refractivity contribution in [1.29, 1.82) is 0 Å². The van der Waals surface area contributed by atoms with E-state index in [-0.39, 0.29) is 0 Å². The van der Waals surface area contributed by atoms with Gasteiger partial charge in [-0.2, -0.15) is 0 Å². The molecule has 1 aliphatic carbocycles. The van der Waals surface area contributed by atoms with Gasteiger partial charge in [-0.1, -0.05) is 6.07 Å². The zero-order valence-corrected chi connectivity index (χ0v) is 12.3. The van der Waals surface area contributed by atoms with Gasteiger partial charge in [-0.05, 0) is 37.1 Å². The van der Waals surface area contributed by atoms with Gasteiger partial charge in [-0.15, -0.1) is 11.3 Å². The van der Waals surface area contributed by atoms with Crippen LogP contribution in [-0.2, 0) is 6.54 Å². The fraction of sp³-hybridized carbons (Fsp3) is 0.533. The topological polar surface area (TPSA) is 49.5 Å². The van der Waals surface area contributed by atoms with Crippen molar-refractivity contribution in [2.24, 2.45) is 5.92 Å². The van der Waals surface area contributed by atoms with Crippen molar-refractivity contribution < 1.29 is 9.52 Å². The van der Waals surface area contributed by atoms with E-state index in [1.54, 1.807) is 11.3 Å². The van der Waals surface area contributed by atoms with E-state index < -0.39 is 5.60 Å². The molecule has 2 aromatic heterocycles. The summed E-state index contributed by atoms with van der Waals surface area (Å²) in [6.07, 6.45) is 2.38. The summed E-state index contributed by atoms with van der Waals surface area (Å²) in [5.41, 5.74) is 0.569. The molecule has 4 nitrogen and oxygen atoms in total. The second-order valence-corrected chi connectivity index (χ2v) is 6.97. The molecule has 1 N–H and O–H groups in total. The summed E-state index contributed by atoms with van der Waals surface area (Å²) >= 11 is 1.64. The summed E-state index contributed by atoms with van der Waals surface area (Å²) in [6.45, 7) is 4.29. The van der Waals surface area contributed by atoms with Gasteiger partial charge in [0, 0.05) is 19.6 Å². The highest BCUT2D eigenvalue weighted by Gasteiger charge is 2.51. The molecular formula is C15H18N2O2S. The summed E-state index contributed by atoms with van der Waals surface area (Å²) in [6, 6.07) is 4.03. The van der Waals surface area contributed by atoms with E-state index in [0.717, 1.165) is 36.0 Å². The molecule has 0 radical (unpaired) electrons. The molecule has 0 bridgehead atoms. The molecular weight excluding hydrogens is 272 g/mol. The van der Waals surface area contributed by atoms with Gasteiger partial charge >= 0.3 is 0 Å². The lowest BCUT2D eigenvalue weighted by Gasteiger charge is -2.46. The van der Waals surface area contributed by atoms with Crippen molar-refractivity contribution in [3.05, 3.63) is 29.0 Å². The molecule has 4 rings (SSSR count). The standard InChI is InChI=1S/C15H18N2O2S/c1-10-12(16-14(19-10)13-3-2-6-20-13)7-17-8-15(18,9-17)11-4-5-11/h2-3,6,11,18H,4-5,7-9H2,1H3. The highest BCUT2D eigenvalue weighted by molar-refractivity contribution is 7.13. The van der Waals surface area contributed by atoms with Crippen LogP contribution < -0.4 is 0 Å². The number of oxazole rings is 1. The van der Waals surface area contributed by atoms with Gasteiger partial charge in [0.05, 0.1) is 16.2 Å². The van der Waals surface area contributed by atoms with Crippen molar-refractivity contribution in [1.82, 2.24) is 9.88 Å². The van der Waals surface area contributed by atoms with Crippen LogP contribution in [0.25, 0.3) is 10.8 Å². The Morgan fingerprint density at radius 2 is 2.30 bits per heavy atom. The van der Waals surface area contributed by atoms with Gasteiger partial charge in [0.2, 0.25) is 5.89 Å². The van der Waals surface area contributed by atoms with Crippen LogP contribution in [0, 0.1) is 12.8 Å². The lowest BCUT2D eigenvalue weighted by Crippen LogP contribution is -2.62. The van der Waals surface area contributed by atoms with Crippen molar-refractivity contribution in [3.63, 3.8) is 0 Å². The first-order valence-corrected chi connectivity index (χ1v) is 7.97. The maximum Gasteiger partial charge on any atom is 0.236 e. The molecule has 5 heteroatoms. The van der Waals surface area contributed by atoms with Crippen LogP contribution in [0.1, 0.15) is 24.3 Å². The van der Waals surface area contributed by atoms with Crippen LogP contribution in [0.5, 0.6) is 0 Å². The Hall–Kier alpha value is -1.17. The Balaban J connectivity index is 1.45. The number of nitrogens with zero attached hydrogens (tertiary/aromatic N) is 2. The molecule has 0 atom stereocenters.